The lowest BCUT2D eigenvalue weighted by molar-refractivity contribution is -0.131. The van der Waals surface area contributed by atoms with Gasteiger partial charge in [0.15, 0.2) is 11.5 Å². The molecule has 3 heterocycles. The van der Waals surface area contributed by atoms with Crippen LogP contribution in [0.5, 0.6) is 0 Å². The Morgan fingerprint density at radius 3 is 3.19 bits per heavy atom. The number of pyridine rings is 1. The highest BCUT2D eigenvalue weighted by atomic mass is 16.3. The van der Waals surface area contributed by atoms with E-state index in [0.29, 0.717) is 25.3 Å². The van der Waals surface area contributed by atoms with E-state index in [0.717, 1.165) is 12.2 Å². The van der Waals surface area contributed by atoms with E-state index in [-0.39, 0.29) is 11.8 Å². The van der Waals surface area contributed by atoms with Crippen molar-refractivity contribution in [1.29, 1.82) is 0 Å². The zero-order valence-electron chi connectivity index (χ0n) is 11.9. The number of hydrogen-bond donors (Lipinski definition) is 2. The maximum atomic E-state index is 12.2. The van der Waals surface area contributed by atoms with Crippen molar-refractivity contribution >= 4 is 11.6 Å². The van der Waals surface area contributed by atoms with Crippen LogP contribution in [0.4, 0.5) is 0 Å². The van der Waals surface area contributed by atoms with E-state index in [1.807, 2.05) is 35.8 Å². The summed E-state index contributed by atoms with van der Waals surface area (Å²) in [5, 5.41) is 20.9. The zero-order chi connectivity index (χ0) is 14.8. The first-order chi connectivity index (χ1) is 10.1. The number of hydrogen-bond acceptors (Lipinski definition) is 5. The number of aliphatic hydroxyl groups is 1. The van der Waals surface area contributed by atoms with Crippen molar-refractivity contribution in [2.75, 3.05) is 20.1 Å². The van der Waals surface area contributed by atoms with E-state index in [1.165, 1.54) is 0 Å². The second-order valence-corrected chi connectivity index (χ2v) is 5.49. The minimum atomic E-state index is -0.573. The molecule has 112 valence electrons. The summed E-state index contributed by atoms with van der Waals surface area (Å²) in [6.45, 7) is 1.70. The fourth-order valence-electron chi connectivity index (χ4n) is 2.67. The SMILES string of the molecule is CN1CC[C@H](O)[C@H](C(=O)NCc2nnc3ccccn23)C1. The molecule has 7 nitrogen and oxygen atoms in total. The summed E-state index contributed by atoms with van der Waals surface area (Å²) in [6, 6.07) is 5.64. The highest BCUT2D eigenvalue weighted by Crippen LogP contribution is 2.16. The summed E-state index contributed by atoms with van der Waals surface area (Å²) in [5.41, 5.74) is 0.749. The number of amides is 1. The molecule has 1 aliphatic rings. The van der Waals surface area contributed by atoms with Crippen LogP contribution in [0.15, 0.2) is 24.4 Å². The summed E-state index contributed by atoms with van der Waals surface area (Å²) >= 11 is 0. The lowest BCUT2D eigenvalue weighted by atomic mass is 9.94. The molecule has 0 spiro atoms. The van der Waals surface area contributed by atoms with E-state index in [4.69, 9.17) is 0 Å². The van der Waals surface area contributed by atoms with Crippen LogP contribution in [0.2, 0.25) is 0 Å². The maximum absolute atomic E-state index is 12.2. The van der Waals surface area contributed by atoms with E-state index in [9.17, 15) is 9.90 Å². The zero-order valence-corrected chi connectivity index (χ0v) is 11.9. The molecule has 0 unspecified atom stereocenters. The standard InChI is InChI=1S/C14H19N5O2/c1-18-7-5-11(20)10(9-18)14(21)15-8-13-17-16-12-4-2-3-6-19(12)13/h2-4,6,10-11,20H,5,7-9H2,1H3,(H,15,21)/t10-,11+/m1/s1. The van der Waals surface area contributed by atoms with Gasteiger partial charge in [-0.15, -0.1) is 10.2 Å². The Hall–Kier alpha value is -1.99. The molecular formula is C14H19N5O2. The van der Waals surface area contributed by atoms with Crippen molar-refractivity contribution in [2.45, 2.75) is 19.1 Å². The molecule has 1 aliphatic heterocycles. The number of nitrogens with zero attached hydrogens (tertiary/aromatic N) is 4. The van der Waals surface area contributed by atoms with Crippen LogP contribution in [0.25, 0.3) is 5.65 Å². The van der Waals surface area contributed by atoms with Gasteiger partial charge in [-0.05, 0) is 25.6 Å². The van der Waals surface area contributed by atoms with E-state index < -0.39 is 6.10 Å². The minimum absolute atomic E-state index is 0.137. The molecule has 1 fully saturated rings. The first-order valence-corrected chi connectivity index (χ1v) is 7.08. The number of rotatable bonds is 3. The largest absolute Gasteiger partial charge is 0.392 e. The molecule has 3 rings (SSSR count). The fourth-order valence-corrected chi connectivity index (χ4v) is 2.67. The van der Waals surface area contributed by atoms with E-state index in [2.05, 4.69) is 20.4 Å². The molecule has 2 aromatic rings. The van der Waals surface area contributed by atoms with Gasteiger partial charge in [-0.3, -0.25) is 9.20 Å². The Morgan fingerprint density at radius 1 is 1.48 bits per heavy atom. The molecule has 1 amide bonds. The van der Waals surface area contributed by atoms with Gasteiger partial charge in [0.25, 0.3) is 0 Å². The summed E-state index contributed by atoms with van der Waals surface area (Å²) in [5.74, 6) is 0.155. The van der Waals surface area contributed by atoms with Crippen LogP contribution >= 0.6 is 0 Å². The summed E-state index contributed by atoms with van der Waals surface area (Å²) < 4.78 is 1.84. The van der Waals surface area contributed by atoms with Crippen LogP contribution in [0, 0.1) is 5.92 Å². The highest BCUT2D eigenvalue weighted by Gasteiger charge is 2.31. The number of carbonyl (C=O) groups excluding carboxylic acids is 1. The number of piperidine rings is 1. The molecule has 2 N–H and O–H groups in total. The molecule has 21 heavy (non-hydrogen) atoms. The van der Waals surface area contributed by atoms with Gasteiger partial charge >= 0.3 is 0 Å². The predicted octanol–water partition coefficient (Wildman–Crippen LogP) is -0.342. The molecule has 7 heteroatoms. The molecule has 0 aromatic carbocycles. The number of fused-ring (bicyclic) bond motifs is 1. The smallest absolute Gasteiger partial charge is 0.227 e. The lowest BCUT2D eigenvalue weighted by Crippen LogP contribution is -2.48. The Labute approximate surface area is 122 Å². The molecule has 1 saturated heterocycles. The van der Waals surface area contributed by atoms with Crippen molar-refractivity contribution in [1.82, 2.24) is 24.8 Å². The van der Waals surface area contributed by atoms with Crippen LogP contribution in [-0.4, -0.2) is 56.8 Å². The van der Waals surface area contributed by atoms with Crippen LogP contribution in [0.3, 0.4) is 0 Å². The average molecular weight is 289 g/mol. The maximum Gasteiger partial charge on any atom is 0.227 e. The van der Waals surface area contributed by atoms with Gasteiger partial charge in [0.1, 0.15) is 0 Å². The third-order valence-electron chi connectivity index (χ3n) is 3.92. The van der Waals surface area contributed by atoms with Crippen molar-refractivity contribution in [2.24, 2.45) is 5.92 Å². The number of aromatic nitrogens is 3. The number of nitrogens with one attached hydrogen (secondary N) is 1. The fraction of sp³-hybridized carbons (Fsp3) is 0.500. The third kappa shape index (κ3) is 2.88. The van der Waals surface area contributed by atoms with E-state index >= 15 is 0 Å². The highest BCUT2D eigenvalue weighted by molar-refractivity contribution is 5.79. The van der Waals surface area contributed by atoms with E-state index in [1.54, 1.807) is 0 Å². The normalized spacial score (nSPS) is 23.3. The van der Waals surface area contributed by atoms with Crippen molar-refractivity contribution in [3.63, 3.8) is 0 Å². The molecule has 2 aromatic heterocycles. The first-order valence-electron chi connectivity index (χ1n) is 7.08. The molecule has 0 radical (unpaired) electrons. The van der Waals surface area contributed by atoms with Gasteiger partial charge in [0.05, 0.1) is 18.6 Å². The van der Waals surface area contributed by atoms with Gasteiger partial charge in [-0.25, -0.2) is 0 Å². The van der Waals surface area contributed by atoms with Gasteiger partial charge in [0.2, 0.25) is 5.91 Å². The number of aliphatic hydroxyl groups excluding tert-OH is 1. The topological polar surface area (TPSA) is 82.8 Å². The van der Waals surface area contributed by atoms with Crippen molar-refractivity contribution < 1.29 is 9.90 Å². The van der Waals surface area contributed by atoms with Crippen molar-refractivity contribution in [3.8, 4) is 0 Å². The quantitative estimate of drug-likeness (QED) is 0.807. The van der Waals surface area contributed by atoms with Gasteiger partial charge in [-0.2, -0.15) is 0 Å². The first kappa shape index (κ1) is 14.0. The van der Waals surface area contributed by atoms with Crippen LogP contribution in [0.1, 0.15) is 12.2 Å². The number of carbonyl (C=O) groups is 1. The van der Waals surface area contributed by atoms with Gasteiger partial charge < -0.3 is 15.3 Å². The average Bonchev–Trinajstić information content (AvgIpc) is 2.90. The van der Waals surface area contributed by atoms with Crippen LogP contribution in [-0.2, 0) is 11.3 Å². The predicted molar refractivity (Wildman–Crippen MR) is 76.4 cm³/mol. The molecule has 0 aliphatic carbocycles. The lowest BCUT2D eigenvalue weighted by Gasteiger charge is -2.32. The monoisotopic (exact) mass is 289 g/mol. The molecule has 2 atom stereocenters. The Morgan fingerprint density at radius 2 is 2.33 bits per heavy atom. The van der Waals surface area contributed by atoms with Gasteiger partial charge in [-0.1, -0.05) is 6.07 Å². The summed E-state index contributed by atoms with van der Waals surface area (Å²) in [4.78, 5) is 14.3. The van der Waals surface area contributed by atoms with Crippen LogP contribution < -0.4 is 5.32 Å². The Bertz CT molecular complexity index is 641. The Kier molecular flexibility index (Phi) is 3.85. The summed E-state index contributed by atoms with van der Waals surface area (Å²) in [6.07, 6.45) is 1.92. The second kappa shape index (κ2) is 5.79. The third-order valence-corrected chi connectivity index (χ3v) is 3.92. The molecule has 0 bridgehead atoms. The minimum Gasteiger partial charge on any atom is -0.392 e. The second-order valence-electron chi connectivity index (χ2n) is 5.49. The molecule has 0 saturated carbocycles. The van der Waals surface area contributed by atoms with Crippen molar-refractivity contribution in [3.05, 3.63) is 30.2 Å². The summed E-state index contributed by atoms with van der Waals surface area (Å²) in [7, 11) is 1.96. The van der Waals surface area contributed by atoms with Gasteiger partial charge in [0, 0.05) is 19.3 Å². The number of likely N-dealkylation sites (tertiary alicyclic amines) is 1. The molecular weight excluding hydrogens is 270 g/mol. The Balaban J connectivity index is 1.65.